The highest BCUT2D eigenvalue weighted by Gasteiger charge is 2.12. The molecule has 5 nitrogen and oxygen atoms in total. The average Bonchev–Trinajstić information content (AvgIpc) is 3.39. The fourth-order valence-electron chi connectivity index (χ4n) is 2.36. The molecule has 2 heterocycles. The molecule has 0 spiro atoms. The van der Waals surface area contributed by atoms with Crippen molar-refractivity contribution >= 4 is 23.4 Å². The van der Waals surface area contributed by atoms with E-state index in [9.17, 15) is 9.18 Å². The van der Waals surface area contributed by atoms with E-state index < -0.39 is 0 Å². The van der Waals surface area contributed by atoms with Gasteiger partial charge in [0.2, 0.25) is 0 Å². The number of nitrogens with zero attached hydrogens (tertiary/aromatic N) is 2. The number of nitrogen functional groups attached to an aromatic ring is 2. The first-order valence-electron chi connectivity index (χ1n) is 7.80. The summed E-state index contributed by atoms with van der Waals surface area (Å²) in [5.74, 6) is -0.205. The van der Waals surface area contributed by atoms with Crippen molar-refractivity contribution in [1.82, 2.24) is 9.38 Å². The summed E-state index contributed by atoms with van der Waals surface area (Å²) in [6.45, 7) is 1.68. The minimum atomic E-state index is -0.370. The molecule has 4 rings (SSSR count). The van der Waals surface area contributed by atoms with Crippen molar-refractivity contribution in [1.29, 1.82) is 0 Å². The van der Waals surface area contributed by atoms with Gasteiger partial charge in [-0.25, -0.2) is 9.37 Å². The largest absolute Gasteiger partial charge is 0.399 e. The Balaban J connectivity index is 0.000000508. The van der Waals surface area contributed by atoms with Crippen molar-refractivity contribution in [2.75, 3.05) is 11.5 Å². The van der Waals surface area contributed by atoms with E-state index >= 15 is 0 Å². The lowest BCUT2D eigenvalue weighted by molar-refractivity contribution is 0.111. The summed E-state index contributed by atoms with van der Waals surface area (Å²) in [6, 6.07) is 6.49. The van der Waals surface area contributed by atoms with E-state index in [1.165, 1.54) is 25.3 Å². The number of benzene rings is 1. The van der Waals surface area contributed by atoms with Crippen LogP contribution < -0.4 is 11.5 Å². The van der Waals surface area contributed by atoms with E-state index in [0.29, 0.717) is 28.7 Å². The third-order valence-corrected chi connectivity index (χ3v) is 3.83. The van der Waals surface area contributed by atoms with Gasteiger partial charge in [-0.1, -0.05) is 19.3 Å². The van der Waals surface area contributed by atoms with Crippen molar-refractivity contribution < 1.29 is 9.18 Å². The molecule has 0 saturated heterocycles. The number of pyridine rings is 1. The van der Waals surface area contributed by atoms with Crippen LogP contribution in [0.25, 0.3) is 16.8 Å². The monoisotopic (exact) mass is 326 g/mol. The molecule has 3 aromatic rings. The summed E-state index contributed by atoms with van der Waals surface area (Å²) in [5, 5.41) is 0. The van der Waals surface area contributed by atoms with Gasteiger partial charge < -0.3 is 11.5 Å². The smallest absolute Gasteiger partial charge is 0.170 e. The summed E-state index contributed by atoms with van der Waals surface area (Å²) in [5.41, 5.74) is 14.4. The van der Waals surface area contributed by atoms with E-state index in [1.54, 1.807) is 35.7 Å². The number of fused-ring (bicyclic) bond motifs is 1. The predicted octanol–water partition coefficient (Wildman–Crippen LogP) is 3.60. The lowest BCUT2D eigenvalue weighted by Crippen LogP contribution is -1.97. The van der Waals surface area contributed by atoms with Crippen LogP contribution in [0.4, 0.5) is 15.9 Å². The number of carbonyl (C=O) groups is 1. The second kappa shape index (κ2) is 6.31. The highest BCUT2D eigenvalue weighted by atomic mass is 19.1. The normalized spacial score (nSPS) is 12.6. The van der Waals surface area contributed by atoms with Crippen LogP contribution in [0.5, 0.6) is 0 Å². The number of carbonyl (C=O) groups excluding carboxylic acids is 1. The van der Waals surface area contributed by atoms with Gasteiger partial charge in [0.1, 0.15) is 17.2 Å². The summed E-state index contributed by atoms with van der Waals surface area (Å²) in [7, 11) is 0. The number of aldehydes is 1. The van der Waals surface area contributed by atoms with Gasteiger partial charge in [0.15, 0.2) is 12.1 Å². The zero-order valence-corrected chi connectivity index (χ0v) is 13.4. The minimum Gasteiger partial charge on any atom is -0.399 e. The van der Waals surface area contributed by atoms with Gasteiger partial charge in [-0.2, -0.15) is 0 Å². The summed E-state index contributed by atoms with van der Waals surface area (Å²) in [4.78, 5) is 15.2. The van der Waals surface area contributed by atoms with Crippen LogP contribution in [0.1, 0.15) is 35.3 Å². The fraction of sp³-hybridized carbons (Fsp3) is 0.222. The predicted molar refractivity (Wildman–Crippen MR) is 93.4 cm³/mol. The Morgan fingerprint density at radius 3 is 2.54 bits per heavy atom. The van der Waals surface area contributed by atoms with Gasteiger partial charge >= 0.3 is 0 Å². The molecule has 1 aliphatic rings. The third-order valence-electron chi connectivity index (χ3n) is 3.83. The van der Waals surface area contributed by atoms with Crippen LogP contribution in [-0.4, -0.2) is 15.7 Å². The van der Waals surface area contributed by atoms with Crippen molar-refractivity contribution in [2.45, 2.75) is 26.2 Å². The quantitative estimate of drug-likeness (QED) is 0.556. The Labute approximate surface area is 139 Å². The molecule has 1 fully saturated rings. The molecule has 0 amide bonds. The first kappa shape index (κ1) is 16.0. The molecule has 2 aromatic heterocycles. The van der Waals surface area contributed by atoms with Crippen molar-refractivity contribution in [3.05, 3.63) is 47.5 Å². The molecule has 0 unspecified atom stereocenters. The van der Waals surface area contributed by atoms with Gasteiger partial charge in [0, 0.05) is 11.9 Å². The molecule has 0 bridgehead atoms. The second-order valence-corrected chi connectivity index (χ2v) is 5.88. The molecule has 1 saturated carbocycles. The van der Waals surface area contributed by atoms with Gasteiger partial charge in [-0.05, 0) is 47.9 Å². The van der Waals surface area contributed by atoms with E-state index in [1.807, 2.05) is 0 Å². The van der Waals surface area contributed by atoms with Crippen LogP contribution in [0, 0.1) is 12.7 Å². The maximum absolute atomic E-state index is 13.8. The molecule has 0 aliphatic heterocycles. The Bertz CT molecular complexity index is 912. The lowest BCUT2D eigenvalue weighted by atomic mass is 10.0. The summed E-state index contributed by atoms with van der Waals surface area (Å²) in [6.07, 6.45) is 6.84. The van der Waals surface area contributed by atoms with Crippen molar-refractivity contribution in [2.24, 2.45) is 0 Å². The molecule has 24 heavy (non-hydrogen) atoms. The molecule has 0 atom stereocenters. The Morgan fingerprint density at radius 2 is 1.92 bits per heavy atom. The molecule has 6 heteroatoms. The summed E-state index contributed by atoms with van der Waals surface area (Å²) < 4.78 is 15.4. The van der Waals surface area contributed by atoms with Gasteiger partial charge in [0.25, 0.3) is 0 Å². The third kappa shape index (κ3) is 3.08. The number of halogens is 1. The molecule has 124 valence electrons. The first-order chi connectivity index (χ1) is 11.5. The molecular weight excluding hydrogens is 307 g/mol. The van der Waals surface area contributed by atoms with Crippen LogP contribution in [0.2, 0.25) is 0 Å². The zero-order valence-electron chi connectivity index (χ0n) is 13.4. The van der Waals surface area contributed by atoms with Crippen molar-refractivity contribution in [3.8, 4) is 11.1 Å². The highest BCUT2D eigenvalue weighted by molar-refractivity contribution is 5.83. The maximum atomic E-state index is 13.8. The van der Waals surface area contributed by atoms with Gasteiger partial charge in [0.05, 0.1) is 0 Å². The van der Waals surface area contributed by atoms with Crippen LogP contribution in [-0.2, 0) is 0 Å². The number of hydrogen-bond acceptors (Lipinski definition) is 4. The number of rotatable bonds is 2. The standard InChI is InChI=1S/C15H13FN4O.C3H6/c1-8-11(4-10(17)5-12(8)16)9-2-3-14-19-15(18)13(7-21)20(14)6-9;1-2-3-1/h2-7H,17-18H2,1H3;1-3H2. The number of anilines is 2. The van der Waals surface area contributed by atoms with Crippen LogP contribution in [0.15, 0.2) is 30.5 Å². The first-order valence-corrected chi connectivity index (χ1v) is 7.80. The van der Waals surface area contributed by atoms with E-state index in [-0.39, 0.29) is 17.3 Å². The average molecular weight is 326 g/mol. The topological polar surface area (TPSA) is 86.4 Å². The maximum Gasteiger partial charge on any atom is 0.170 e. The Morgan fingerprint density at radius 1 is 1.21 bits per heavy atom. The number of nitrogens with two attached hydrogens (primary N) is 2. The Kier molecular flexibility index (Phi) is 4.20. The molecule has 0 radical (unpaired) electrons. The second-order valence-electron chi connectivity index (χ2n) is 5.88. The summed E-state index contributed by atoms with van der Waals surface area (Å²) >= 11 is 0. The van der Waals surface area contributed by atoms with Gasteiger partial charge in [-0.15, -0.1) is 0 Å². The van der Waals surface area contributed by atoms with Crippen LogP contribution >= 0.6 is 0 Å². The van der Waals surface area contributed by atoms with Crippen LogP contribution in [0.3, 0.4) is 0 Å². The fourth-order valence-corrected chi connectivity index (χ4v) is 2.36. The SMILES string of the molecule is C1CC1.Cc1c(F)cc(N)cc1-c1ccc2nc(N)c(C=O)n2c1. The van der Waals surface area contributed by atoms with Gasteiger partial charge in [-0.3, -0.25) is 9.20 Å². The van der Waals surface area contributed by atoms with E-state index in [4.69, 9.17) is 11.5 Å². The molecule has 4 N–H and O–H groups in total. The lowest BCUT2D eigenvalue weighted by Gasteiger charge is -2.09. The number of hydrogen-bond donors (Lipinski definition) is 2. The molecule has 1 aliphatic carbocycles. The number of aromatic nitrogens is 2. The van der Waals surface area contributed by atoms with Crippen molar-refractivity contribution in [3.63, 3.8) is 0 Å². The van der Waals surface area contributed by atoms with E-state index in [0.717, 1.165) is 5.56 Å². The highest BCUT2D eigenvalue weighted by Crippen LogP contribution is 2.28. The van der Waals surface area contributed by atoms with E-state index in [2.05, 4.69) is 4.98 Å². The Hall–Kier alpha value is -2.89. The molecule has 1 aromatic carbocycles. The molecular formula is C18H19FN4O. The zero-order chi connectivity index (χ0) is 17.3. The minimum absolute atomic E-state index is 0.164. The number of imidazole rings is 1.